The largest absolute Gasteiger partial charge is 0.389 e. The number of aliphatic hydroxyl groups is 1. The molecule has 0 bridgehead atoms. The molecule has 1 rings (SSSR count). The lowest BCUT2D eigenvalue weighted by Gasteiger charge is -2.32. The third-order valence-electron chi connectivity index (χ3n) is 2.97. The van der Waals surface area contributed by atoms with Gasteiger partial charge in [-0.25, -0.2) is 0 Å². The third kappa shape index (κ3) is 5.50. The van der Waals surface area contributed by atoms with Gasteiger partial charge in [-0.1, -0.05) is 6.92 Å². The van der Waals surface area contributed by atoms with Crippen LogP contribution in [0.15, 0.2) is 0 Å². The smallest absolute Gasteiger partial charge is 0.0718 e. The molecule has 3 nitrogen and oxygen atoms in total. The van der Waals surface area contributed by atoms with Crippen LogP contribution in [0.25, 0.3) is 0 Å². The van der Waals surface area contributed by atoms with Crippen molar-refractivity contribution in [1.29, 1.82) is 0 Å². The maximum atomic E-state index is 9.79. The number of nitrogens with one attached hydrogen (secondary N) is 1. The zero-order valence-corrected chi connectivity index (χ0v) is 10.4. The van der Waals surface area contributed by atoms with Crippen LogP contribution in [0, 0.1) is 5.92 Å². The Kier molecular flexibility index (Phi) is 5.03. The summed E-state index contributed by atoms with van der Waals surface area (Å²) in [7, 11) is 0. The van der Waals surface area contributed by atoms with Gasteiger partial charge < -0.3 is 15.3 Å². The van der Waals surface area contributed by atoms with Crippen LogP contribution in [-0.2, 0) is 0 Å². The van der Waals surface area contributed by atoms with Gasteiger partial charge in [-0.05, 0) is 52.2 Å². The Morgan fingerprint density at radius 3 is 2.67 bits per heavy atom. The van der Waals surface area contributed by atoms with E-state index in [2.05, 4.69) is 17.1 Å². The maximum Gasteiger partial charge on any atom is 0.0718 e. The van der Waals surface area contributed by atoms with Gasteiger partial charge in [0.15, 0.2) is 0 Å². The molecule has 0 saturated carbocycles. The zero-order chi connectivity index (χ0) is 11.3. The van der Waals surface area contributed by atoms with Crippen molar-refractivity contribution in [2.45, 2.75) is 39.2 Å². The lowest BCUT2D eigenvalue weighted by atomic mass is 9.98. The minimum absolute atomic E-state index is 0.571. The van der Waals surface area contributed by atoms with E-state index in [1.165, 1.54) is 19.4 Å². The molecule has 3 heteroatoms. The lowest BCUT2D eigenvalue weighted by Crippen LogP contribution is -2.43. The van der Waals surface area contributed by atoms with Crippen LogP contribution in [0.2, 0.25) is 0 Å². The number of rotatable bonds is 5. The van der Waals surface area contributed by atoms with E-state index in [0.717, 1.165) is 32.1 Å². The molecular formula is C12H26N2O. The van der Waals surface area contributed by atoms with E-state index in [-0.39, 0.29) is 0 Å². The Balaban J connectivity index is 2.31. The monoisotopic (exact) mass is 214 g/mol. The summed E-state index contributed by atoms with van der Waals surface area (Å²) in [6.07, 6.45) is 2.63. The van der Waals surface area contributed by atoms with Crippen molar-refractivity contribution < 1.29 is 5.11 Å². The van der Waals surface area contributed by atoms with Gasteiger partial charge in [0.1, 0.15) is 0 Å². The van der Waals surface area contributed by atoms with E-state index in [1.54, 1.807) is 0 Å². The van der Waals surface area contributed by atoms with Crippen LogP contribution in [0.4, 0.5) is 0 Å². The third-order valence-corrected chi connectivity index (χ3v) is 2.97. The number of piperidine rings is 1. The second kappa shape index (κ2) is 5.83. The van der Waals surface area contributed by atoms with Crippen LogP contribution in [0.3, 0.4) is 0 Å². The Bertz CT molecular complexity index is 171. The number of likely N-dealkylation sites (N-methyl/N-ethyl adjacent to an activating group) is 1. The molecule has 1 saturated heterocycles. The van der Waals surface area contributed by atoms with E-state index in [0.29, 0.717) is 0 Å². The highest BCUT2D eigenvalue weighted by Gasteiger charge is 2.21. The Hall–Kier alpha value is -0.120. The topological polar surface area (TPSA) is 35.5 Å². The highest BCUT2D eigenvalue weighted by Crippen LogP contribution is 2.13. The predicted octanol–water partition coefficient (Wildman–Crippen LogP) is 1.08. The molecule has 0 radical (unpaired) electrons. The van der Waals surface area contributed by atoms with Gasteiger partial charge in [0, 0.05) is 13.1 Å². The van der Waals surface area contributed by atoms with Gasteiger partial charge in [0.2, 0.25) is 0 Å². The fourth-order valence-electron chi connectivity index (χ4n) is 2.30. The molecular weight excluding hydrogens is 188 g/mol. The van der Waals surface area contributed by atoms with Crippen LogP contribution in [0.1, 0.15) is 33.6 Å². The van der Waals surface area contributed by atoms with Crippen LogP contribution in [0.5, 0.6) is 0 Å². The minimum atomic E-state index is -0.571. The molecule has 1 aliphatic rings. The van der Waals surface area contributed by atoms with Crippen LogP contribution in [-0.4, -0.2) is 48.3 Å². The molecule has 2 N–H and O–H groups in total. The molecule has 1 heterocycles. The molecule has 1 atom stereocenters. The number of nitrogens with zero attached hydrogens (tertiary/aromatic N) is 1. The highest BCUT2D eigenvalue weighted by molar-refractivity contribution is 4.76. The standard InChI is InChI=1S/C12H26N2O/c1-4-14(10-12(2,3)15)9-11-6-5-7-13-8-11/h11,13,15H,4-10H2,1-3H3. The van der Waals surface area contributed by atoms with Crippen molar-refractivity contribution in [3.05, 3.63) is 0 Å². The fourth-order valence-corrected chi connectivity index (χ4v) is 2.30. The van der Waals surface area contributed by atoms with E-state index < -0.39 is 5.60 Å². The highest BCUT2D eigenvalue weighted by atomic mass is 16.3. The summed E-state index contributed by atoms with van der Waals surface area (Å²) >= 11 is 0. The SMILES string of the molecule is CCN(CC1CCCNC1)CC(C)(C)O. The van der Waals surface area contributed by atoms with Gasteiger partial charge in [0.05, 0.1) is 5.60 Å². The molecule has 0 aromatic rings. The second-order valence-electron chi connectivity index (χ2n) is 5.35. The average Bonchev–Trinajstić information content (AvgIpc) is 2.16. The zero-order valence-electron chi connectivity index (χ0n) is 10.4. The van der Waals surface area contributed by atoms with Crippen molar-refractivity contribution in [3.8, 4) is 0 Å². The van der Waals surface area contributed by atoms with Crippen molar-refractivity contribution >= 4 is 0 Å². The molecule has 0 aromatic carbocycles. The molecule has 0 aliphatic carbocycles. The quantitative estimate of drug-likeness (QED) is 0.719. The molecule has 90 valence electrons. The maximum absolute atomic E-state index is 9.79. The Labute approximate surface area is 93.9 Å². The van der Waals surface area contributed by atoms with Crippen LogP contribution >= 0.6 is 0 Å². The number of hydrogen-bond donors (Lipinski definition) is 2. The molecule has 0 spiro atoms. The van der Waals surface area contributed by atoms with E-state index in [1.807, 2.05) is 13.8 Å². The van der Waals surface area contributed by atoms with Gasteiger partial charge in [-0.2, -0.15) is 0 Å². The normalized spacial score (nSPS) is 23.4. The fraction of sp³-hybridized carbons (Fsp3) is 1.00. The lowest BCUT2D eigenvalue weighted by molar-refractivity contribution is 0.0315. The first kappa shape index (κ1) is 12.9. The summed E-state index contributed by atoms with van der Waals surface area (Å²) in [6, 6.07) is 0. The first-order valence-corrected chi connectivity index (χ1v) is 6.16. The summed E-state index contributed by atoms with van der Waals surface area (Å²) in [5, 5.41) is 13.2. The van der Waals surface area contributed by atoms with Crippen LogP contribution < -0.4 is 5.32 Å². The molecule has 0 aromatic heterocycles. The van der Waals surface area contributed by atoms with Gasteiger partial charge >= 0.3 is 0 Å². The van der Waals surface area contributed by atoms with Gasteiger partial charge in [0.25, 0.3) is 0 Å². The summed E-state index contributed by atoms with van der Waals surface area (Å²) in [6.45, 7) is 11.2. The molecule has 15 heavy (non-hydrogen) atoms. The molecule has 1 fully saturated rings. The minimum Gasteiger partial charge on any atom is -0.389 e. The van der Waals surface area contributed by atoms with E-state index in [4.69, 9.17) is 0 Å². The number of hydrogen-bond acceptors (Lipinski definition) is 3. The van der Waals surface area contributed by atoms with E-state index >= 15 is 0 Å². The van der Waals surface area contributed by atoms with Crippen molar-refractivity contribution in [2.24, 2.45) is 5.92 Å². The molecule has 1 unspecified atom stereocenters. The summed E-state index contributed by atoms with van der Waals surface area (Å²) < 4.78 is 0. The molecule has 0 amide bonds. The van der Waals surface area contributed by atoms with Crippen molar-refractivity contribution in [3.63, 3.8) is 0 Å². The Morgan fingerprint density at radius 2 is 2.20 bits per heavy atom. The molecule has 1 aliphatic heterocycles. The van der Waals surface area contributed by atoms with Crippen molar-refractivity contribution in [1.82, 2.24) is 10.2 Å². The average molecular weight is 214 g/mol. The second-order valence-corrected chi connectivity index (χ2v) is 5.35. The van der Waals surface area contributed by atoms with Gasteiger partial charge in [-0.3, -0.25) is 0 Å². The first-order chi connectivity index (χ1) is 7.01. The van der Waals surface area contributed by atoms with E-state index in [9.17, 15) is 5.11 Å². The summed E-state index contributed by atoms with van der Waals surface area (Å²) in [5.41, 5.74) is -0.571. The van der Waals surface area contributed by atoms with Gasteiger partial charge in [-0.15, -0.1) is 0 Å². The summed E-state index contributed by atoms with van der Waals surface area (Å²) in [5.74, 6) is 0.765. The first-order valence-electron chi connectivity index (χ1n) is 6.16. The predicted molar refractivity (Wildman–Crippen MR) is 64.0 cm³/mol. The summed E-state index contributed by atoms with van der Waals surface area (Å²) in [4.78, 5) is 2.36. The Morgan fingerprint density at radius 1 is 1.47 bits per heavy atom. The van der Waals surface area contributed by atoms with Crippen molar-refractivity contribution in [2.75, 3.05) is 32.7 Å².